The van der Waals surface area contributed by atoms with Gasteiger partial charge in [0, 0.05) is 11.6 Å². The summed E-state index contributed by atoms with van der Waals surface area (Å²) in [6.45, 7) is 0. The van der Waals surface area contributed by atoms with E-state index in [1.165, 1.54) is 0 Å². The zero-order chi connectivity index (χ0) is 18.6. The van der Waals surface area contributed by atoms with Gasteiger partial charge in [0.05, 0.1) is 18.5 Å². The molecule has 1 heterocycles. The van der Waals surface area contributed by atoms with Crippen molar-refractivity contribution in [1.29, 1.82) is 0 Å². The molecule has 0 fully saturated rings. The van der Waals surface area contributed by atoms with Crippen molar-refractivity contribution in [2.75, 3.05) is 12.4 Å². The van der Waals surface area contributed by atoms with Crippen LogP contribution in [0.4, 0.5) is 5.82 Å². The van der Waals surface area contributed by atoms with E-state index < -0.39 is 0 Å². The number of ether oxygens (including phenoxy) is 1. The molecule has 0 aliphatic heterocycles. The second-order valence-corrected chi connectivity index (χ2v) is 6.47. The predicted molar refractivity (Wildman–Crippen MR) is 106 cm³/mol. The lowest BCUT2D eigenvalue weighted by atomic mass is 10.2. The number of para-hydroxylation sites is 1. The third-order valence-corrected chi connectivity index (χ3v) is 4.69. The van der Waals surface area contributed by atoms with Crippen LogP contribution in [0.5, 0.6) is 5.75 Å². The first-order chi connectivity index (χ1) is 13.2. The van der Waals surface area contributed by atoms with Crippen molar-refractivity contribution in [3.63, 3.8) is 0 Å². The first kappa shape index (κ1) is 17.1. The Bertz CT molecular complexity index is 973. The van der Waals surface area contributed by atoms with Crippen LogP contribution in [0.2, 0.25) is 0 Å². The Labute approximate surface area is 158 Å². The largest absolute Gasteiger partial charge is 0.497 e. The standard InChI is InChI=1S/C22H21N3O2/c1-27-18-13-10-16(11-14-18)12-15-21(26)23-22-19-8-5-9-20(19)24-25(22)17-6-3-2-4-7-17/h2-4,6-7,10-15H,5,8-9H2,1H3,(H,23,26)/b15-12+. The van der Waals surface area contributed by atoms with Crippen molar-refractivity contribution >= 4 is 17.8 Å². The topological polar surface area (TPSA) is 56.1 Å². The number of anilines is 1. The first-order valence-corrected chi connectivity index (χ1v) is 9.04. The Kier molecular flexibility index (Phi) is 4.75. The Morgan fingerprint density at radius 2 is 1.89 bits per heavy atom. The molecule has 4 rings (SSSR count). The minimum absolute atomic E-state index is 0.169. The number of rotatable bonds is 5. The number of carbonyl (C=O) groups is 1. The van der Waals surface area contributed by atoms with Crippen LogP contribution >= 0.6 is 0 Å². The molecule has 136 valence electrons. The molecule has 0 atom stereocenters. The molecule has 0 unspecified atom stereocenters. The minimum atomic E-state index is -0.169. The van der Waals surface area contributed by atoms with Gasteiger partial charge >= 0.3 is 0 Å². The minimum Gasteiger partial charge on any atom is -0.497 e. The molecule has 2 aromatic carbocycles. The van der Waals surface area contributed by atoms with Gasteiger partial charge in [0.1, 0.15) is 11.6 Å². The number of nitrogens with one attached hydrogen (secondary N) is 1. The summed E-state index contributed by atoms with van der Waals surface area (Å²) in [4.78, 5) is 12.5. The number of hydrogen-bond donors (Lipinski definition) is 1. The summed E-state index contributed by atoms with van der Waals surface area (Å²) in [6.07, 6.45) is 6.32. The Morgan fingerprint density at radius 3 is 2.63 bits per heavy atom. The lowest BCUT2D eigenvalue weighted by molar-refractivity contribution is -0.111. The molecular formula is C22H21N3O2. The molecule has 1 aromatic heterocycles. The highest BCUT2D eigenvalue weighted by Crippen LogP contribution is 2.30. The zero-order valence-corrected chi connectivity index (χ0v) is 15.2. The number of aryl methyl sites for hydroxylation is 1. The number of carbonyl (C=O) groups excluding carboxylic acids is 1. The lowest BCUT2D eigenvalue weighted by Crippen LogP contribution is -2.13. The molecule has 1 amide bonds. The quantitative estimate of drug-likeness (QED) is 0.700. The van der Waals surface area contributed by atoms with Crippen LogP contribution < -0.4 is 10.1 Å². The summed E-state index contributed by atoms with van der Waals surface area (Å²) in [6, 6.07) is 17.5. The predicted octanol–water partition coefficient (Wildman–Crippen LogP) is 4.02. The molecular weight excluding hydrogens is 338 g/mol. The third-order valence-electron chi connectivity index (χ3n) is 4.69. The average molecular weight is 359 g/mol. The van der Waals surface area contributed by atoms with Gasteiger partial charge in [-0.05, 0) is 55.2 Å². The van der Waals surface area contributed by atoms with E-state index in [2.05, 4.69) is 5.32 Å². The van der Waals surface area contributed by atoms with E-state index in [1.54, 1.807) is 19.3 Å². The fraction of sp³-hybridized carbons (Fsp3) is 0.182. The van der Waals surface area contributed by atoms with Crippen molar-refractivity contribution in [3.05, 3.63) is 77.5 Å². The van der Waals surface area contributed by atoms with Gasteiger partial charge in [-0.3, -0.25) is 4.79 Å². The molecule has 5 heteroatoms. The van der Waals surface area contributed by atoms with Crippen molar-refractivity contribution in [2.24, 2.45) is 0 Å². The average Bonchev–Trinajstić information content (AvgIpc) is 3.30. The van der Waals surface area contributed by atoms with Crippen molar-refractivity contribution in [2.45, 2.75) is 19.3 Å². The van der Waals surface area contributed by atoms with Gasteiger partial charge in [0.2, 0.25) is 5.91 Å². The Balaban J connectivity index is 1.56. The van der Waals surface area contributed by atoms with Gasteiger partial charge in [-0.25, -0.2) is 4.68 Å². The number of hydrogen-bond acceptors (Lipinski definition) is 3. The smallest absolute Gasteiger partial charge is 0.249 e. The first-order valence-electron chi connectivity index (χ1n) is 9.04. The molecule has 27 heavy (non-hydrogen) atoms. The van der Waals surface area contributed by atoms with Gasteiger partial charge in [-0.1, -0.05) is 30.3 Å². The molecule has 0 saturated carbocycles. The van der Waals surface area contributed by atoms with Crippen molar-refractivity contribution in [1.82, 2.24) is 9.78 Å². The van der Waals surface area contributed by atoms with Gasteiger partial charge in [0.25, 0.3) is 0 Å². The second kappa shape index (κ2) is 7.50. The molecule has 5 nitrogen and oxygen atoms in total. The molecule has 0 radical (unpaired) electrons. The molecule has 0 spiro atoms. The maximum absolute atomic E-state index is 12.5. The van der Waals surface area contributed by atoms with Gasteiger partial charge in [-0.15, -0.1) is 0 Å². The van der Waals surface area contributed by atoms with Gasteiger partial charge in [0.15, 0.2) is 0 Å². The molecule has 1 aliphatic rings. The Morgan fingerprint density at radius 1 is 1.11 bits per heavy atom. The van der Waals surface area contributed by atoms with Crippen LogP contribution in [0.25, 0.3) is 11.8 Å². The summed E-state index contributed by atoms with van der Waals surface area (Å²) in [7, 11) is 1.63. The van der Waals surface area contributed by atoms with Crippen LogP contribution in [0.1, 0.15) is 23.2 Å². The highest BCUT2D eigenvalue weighted by Gasteiger charge is 2.23. The van der Waals surface area contributed by atoms with E-state index in [4.69, 9.17) is 9.84 Å². The Hall–Kier alpha value is -3.34. The fourth-order valence-electron chi connectivity index (χ4n) is 3.32. The maximum Gasteiger partial charge on any atom is 0.249 e. The van der Waals surface area contributed by atoms with Crippen molar-refractivity contribution < 1.29 is 9.53 Å². The van der Waals surface area contributed by atoms with Crippen LogP contribution in [-0.4, -0.2) is 22.8 Å². The van der Waals surface area contributed by atoms with E-state index in [0.29, 0.717) is 0 Å². The summed E-state index contributed by atoms with van der Waals surface area (Å²) in [5.74, 6) is 1.40. The molecule has 0 bridgehead atoms. The normalized spacial score (nSPS) is 12.9. The van der Waals surface area contributed by atoms with Crippen LogP contribution in [-0.2, 0) is 17.6 Å². The number of fused-ring (bicyclic) bond motifs is 1. The summed E-state index contributed by atoms with van der Waals surface area (Å²) in [5, 5.41) is 7.75. The molecule has 0 saturated heterocycles. The maximum atomic E-state index is 12.5. The number of amides is 1. The van der Waals surface area contributed by atoms with Crippen LogP contribution in [0.15, 0.2) is 60.7 Å². The lowest BCUT2D eigenvalue weighted by Gasteiger charge is -2.09. The van der Waals surface area contributed by atoms with E-state index in [-0.39, 0.29) is 5.91 Å². The number of methoxy groups -OCH3 is 1. The summed E-state index contributed by atoms with van der Waals surface area (Å²) < 4.78 is 6.99. The van der Waals surface area contributed by atoms with Crippen LogP contribution in [0.3, 0.4) is 0 Å². The molecule has 3 aromatic rings. The molecule has 1 N–H and O–H groups in total. The van der Waals surface area contributed by atoms with E-state index >= 15 is 0 Å². The van der Waals surface area contributed by atoms with Crippen LogP contribution in [0, 0.1) is 0 Å². The highest BCUT2D eigenvalue weighted by molar-refractivity contribution is 6.02. The zero-order valence-electron chi connectivity index (χ0n) is 15.2. The number of nitrogens with zero attached hydrogens (tertiary/aromatic N) is 2. The van der Waals surface area contributed by atoms with E-state index in [1.807, 2.05) is 59.3 Å². The van der Waals surface area contributed by atoms with Gasteiger partial charge < -0.3 is 10.1 Å². The van der Waals surface area contributed by atoms with Gasteiger partial charge in [-0.2, -0.15) is 5.10 Å². The molecule has 1 aliphatic carbocycles. The SMILES string of the molecule is COc1ccc(/C=C/C(=O)Nc2c3c(nn2-c2ccccc2)CCC3)cc1. The van der Waals surface area contributed by atoms with E-state index in [9.17, 15) is 4.79 Å². The number of aromatic nitrogens is 2. The monoisotopic (exact) mass is 359 g/mol. The number of benzene rings is 2. The van der Waals surface area contributed by atoms with E-state index in [0.717, 1.165) is 53.3 Å². The second-order valence-electron chi connectivity index (χ2n) is 6.47. The highest BCUT2D eigenvalue weighted by atomic mass is 16.5. The summed E-state index contributed by atoms with van der Waals surface area (Å²) in [5.41, 5.74) is 4.10. The summed E-state index contributed by atoms with van der Waals surface area (Å²) >= 11 is 0. The third kappa shape index (κ3) is 3.62. The van der Waals surface area contributed by atoms with Crippen molar-refractivity contribution in [3.8, 4) is 11.4 Å². The fourth-order valence-corrected chi connectivity index (χ4v) is 3.32.